The summed E-state index contributed by atoms with van der Waals surface area (Å²) >= 11 is 0. The van der Waals surface area contributed by atoms with Gasteiger partial charge in [-0.25, -0.2) is 4.79 Å². The van der Waals surface area contributed by atoms with Gasteiger partial charge in [-0.1, -0.05) is 48.5 Å². The molecule has 1 saturated heterocycles. The summed E-state index contributed by atoms with van der Waals surface area (Å²) in [6.07, 6.45) is 2.10. The Labute approximate surface area is 271 Å². The number of piperidine rings is 1. The number of nitrogens with zero attached hydrogens (tertiary/aromatic N) is 1. The lowest BCUT2D eigenvalue weighted by molar-refractivity contribution is -0.120. The van der Waals surface area contributed by atoms with Gasteiger partial charge < -0.3 is 39.0 Å². The smallest absolute Gasteiger partial charge is 0.407 e. The van der Waals surface area contributed by atoms with Crippen molar-refractivity contribution in [3.8, 4) is 17.2 Å². The molecule has 1 fully saturated rings. The molecule has 2 unspecified atom stereocenters. The maximum Gasteiger partial charge on any atom is 0.407 e. The number of para-hydroxylation sites is 2. The van der Waals surface area contributed by atoms with E-state index in [9.17, 15) is 14.7 Å². The number of methoxy groups -OCH3 is 1. The SMILES string of the molecule is CNC(=O)CCCc1ccccc1OCCOC1CN(C(=O)O)CCC1c1ccc(OCCCOCc2ccccc2OC)cc1. The summed E-state index contributed by atoms with van der Waals surface area (Å²) in [7, 11) is 3.30. The van der Waals surface area contributed by atoms with Crippen molar-refractivity contribution in [2.24, 2.45) is 0 Å². The molecule has 0 spiro atoms. The van der Waals surface area contributed by atoms with Crippen molar-refractivity contribution in [2.75, 3.05) is 53.7 Å². The molecule has 0 aromatic heterocycles. The molecular weight excluding hydrogens is 588 g/mol. The van der Waals surface area contributed by atoms with Crippen molar-refractivity contribution >= 4 is 12.0 Å². The van der Waals surface area contributed by atoms with Gasteiger partial charge in [-0.3, -0.25) is 4.79 Å². The lowest BCUT2D eigenvalue weighted by atomic mass is 9.87. The summed E-state index contributed by atoms with van der Waals surface area (Å²) in [5.41, 5.74) is 3.15. The number of hydrogen-bond donors (Lipinski definition) is 2. The molecule has 1 aliphatic rings. The van der Waals surface area contributed by atoms with Gasteiger partial charge in [-0.05, 0) is 54.7 Å². The summed E-state index contributed by atoms with van der Waals surface area (Å²) < 4.78 is 29.4. The zero-order valence-electron chi connectivity index (χ0n) is 26.8. The minimum atomic E-state index is -0.940. The van der Waals surface area contributed by atoms with Crippen molar-refractivity contribution in [1.82, 2.24) is 10.2 Å². The van der Waals surface area contributed by atoms with Crippen molar-refractivity contribution < 1.29 is 38.4 Å². The van der Waals surface area contributed by atoms with Gasteiger partial charge in [0.25, 0.3) is 0 Å². The van der Waals surface area contributed by atoms with E-state index in [4.69, 9.17) is 23.7 Å². The molecule has 10 nitrogen and oxygen atoms in total. The topological polar surface area (TPSA) is 116 Å². The second-order valence-corrected chi connectivity index (χ2v) is 11.2. The Kier molecular flexibility index (Phi) is 14.0. The minimum absolute atomic E-state index is 0.0218. The van der Waals surface area contributed by atoms with Crippen LogP contribution in [0.15, 0.2) is 72.8 Å². The Morgan fingerprint density at radius 1 is 0.870 bits per heavy atom. The van der Waals surface area contributed by atoms with E-state index in [1.807, 2.05) is 72.8 Å². The number of carbonyl (C=O) groups is 2. The van der Waals surface area contributed by atoms with Gasteiger partial charge in [-0.15, -0.1) is 0 Å². The quantitative estimate of drug-likeness (QED) is 0.172. The monoisotopic (exact) mass is 634 g/mol. The van der Waals surface area contributed by atoms with Gasteiger partial charge in [0.05, 0.1) is 46.2 Å². The lowest BCUT2D eigenvalue weighted by Gasteiger charge is -2.37. The van der Waals surface area contributed by atoms with Crippen molar-refractivity contribution in [1.29, 1.82) is 0 Å². The third-order valence-corrected chi connectivity index (χ3v) is 8.06. The van der Waals surface area contributed by atoms with Crippen LogP contribution < -0.4 is 19.5 Å². The van der Waals surface area contributed by atoms with Gasteiger partial charge in [0, 0.05) is 37.9 Å². The fourth-order valence-corrected chi connectivity index (χ4v) is 5.57. The third kappa shape index (κ3) is 10.7. The number of nitrogens with one attached hydrogen (secondary N) is 1. The average molecular weight is 635 g/mol. The molecule has 0 saturated carbocycles. The van der Waals surface area contributed by atoms with Crippen LogP contribution in [0.4, 0.5) is 4.79 Å². The molecule has 2 atom stereocenters. The highest BCUT2D eigenvalue weighted by atomic mass is 16.5. The Morgan fingerprint density at radius 3 is 2.35 bits per heavy atom. The summed E-state index contributed by atoms with van der Waals surface area (Å²) in [5.74, 6) is 2.44. The van der Waals surface area contributed by atoms with Crippen molar-refractivity contribution in [2.45, 2.75) is 50.7 Å². The van der Waals surface area contributed by atoms with Gasteiger partial charge in [0.2, 0.25) is 5.91 Å². The number of benzene rings is 3. The molecule has 46 heavy (non-hydrogen) atoms. The minimum Gasteiger partial charge on any atom is -0.496 e. The highest BCUT2D eigenvalue weighted by Gasteiger charge is 2.33. The second kappa shape index (κ2) is 18.6. The molecule has 1 aliphatic heterocycles. The third-order valence-electron chi connectivity index (χ3n) is 8.06. The number of carbonyl (C=O) groups excluding carboxylic acids is 1. The zero-order chi connectivity index (χ0) is 32.6. The van der Waals surface area contributed by atoms with Crippen molar-refractivity contribution in [3.63, 3.8) is 0 Å². The normalized spacial score (nSPS) is 16.1. The summed E-state index contributed by atoms with van der Waals surface area (Å²) in [6, 6.07) is 23.6. The van der Waals surface area contributed by atoms with Gasteiger partial charge in [-0.2, -0.15) is 0 Å². The van der Waals surface area contributed by atoms with E-state index in [2.05, 4.69) is 5.32 Å². The van der Waals surface area contributed by atoms with E-state index in [1.165, 1.54) is 4.90 Å². The van der Waals surface area contributed by atoms with Crippen LogP contribution in [0.25, 0.3) is 0 Å². The number of likely N-dealkylation sites (tertiary alicyclic amines) is 1. The first kappa shape index (κ1) is 34.6. The lowest BCUT2D eigenvalue weighted by Crippen LogP contribution is -2.46. The largest absolute Gasteiger partial charge is 0.496 e. The number of hydrogen-bond acceptors (Lipinski definition) is 7. The number of ether oxygens (including phenoxy) is 5. The van der Waals surface area contributed by atoms with Gasteiger partial charge >= 0.3 is 6.09 Å². The molecule has 3 aromatic carbocycles. The van der Waals surface area contributed by atoms with Crippen molar-refractivity contribution in [3.05, 3.63) is 89.5 Å². The first-order valence-electron chi connectivity index (χ1n) is 15.9. The van der Waals surface area contributed by atoms with Crippen LogP contribution in [0.2, 0.25) is 0 Å². The maximum atomic E-state index is 11.7. The van der Waals surface area contributed by atoms with Crippen LogP contribution in [0, 0.1) is 0 Å². The molecule has 4 rings (SSSR count). The summed E-state index contributed by atoms with van der Waals surface area (Å²) in [6.45, 7) is 2.99. The number of carboxylic acid groups (broad SMARTS) is 1. The molecule has 1 heterocycles. The highest BCUT2D eigenvalue weighted by Crippen LogP contribution is 2.32. The van der Waals surface area contributed by atoms with Crippen LogP contribution in [-0.2, 0) is 27.3 Å². The fourth-order valence-electron chi connectivity index (χ4n) is 5.57. The number of rotatable bonds is 18. The molecular formula is C36H46N2O8. The number of amides is 2. The van der Waals surface area contributed by atoms with Crippen LogP contribution >= 0.6 is 0 Å². The van der Waals surface area contributed by atoms with E-state index in [-0.39, 0.29) is 17.9 Å². The summed E-state index contributed by atoms with van der Waals surface area (Å²) in [4.78, 5) is 24.7. The van der Waals surface area contributed by atoms with Crippen LogP contribution in [0.1, 0.15) is 48.3 Å². The van der Waals surface area contributed by atoms with E-state index < -0.39 is 6.09 Å². The van der Waals surface area contributed by atoms with E-state index in [1.54, 1.807) is 14.2 Å². The molecule has 0 aliphatic carbocycles. The van der Waals surface area contributed by atoms with E-state index >= 15 is 0 Å². The van der Waals surface area contributed by atoms with Crippen LogP contribution in [0.5, 0.6) is 17.2 Å². The molecule has 2 N–H and O–H groups in total. The fraction of sp³-hybridized carbons (Fsp3) is 0.444. The second-order valence-electron chi connectivity index (χ2n) is 11.2. The van der Waals surface area contributed by atoms with Crippen LogP contribution in [0.3, 0.4) is 0 Å². The van der Waals surface area contributed by atoms with E-state index in [0.29, 0.717) is 59.0 Å². The molecule has 2 amide bonds. The first-order chi connectivity index (χ1) is 22.5. The maximum absolute atomic E-state index is 11.7. The molecule has 3 aromatic rings. The Morgan fingerprint density at radius 2 is 1.61 bits per heavy atom. The number of aryl methyl sites for hydroxylation is 1. The van der Waals surface area contributed by atoms with Gasteiger partial charge in [0.1, 0.15) is 23.9 Å². The molecule has 0 bridgehead atoms. The first-order valence-corrected chi connectivity index (χ1v) is 15.9. The molecule has 0 radical (unpaired) electrons. The average Bonchev–Trinajstić information content (AvgIpc) is 3.09. The predicted molar refractivity (Wildman–Crippen MR) is 175 cm³/mol. The van der Waals surface area contributed by atoms with E-state index in [0.717, 1.165) is 53.2 Å². The molecule has 248 valence electrons. The highest BCUT2D eigenvalue weighted by molar-refractivity contribution is 5.75. The Hall–Kier alpha value is -4.28. The summed E-state index contributed by atoms with van der Waals surface area (Å²) in [5, 5.41) is 12.3. The van der Waals surface area contributed by atoms with Gasteiger partial charge in [0.15, 0.2) is 0 Å². The predicted octanol–water partition coefficient (Wildman–Crippen LogP) is 5.68. The zero-order valence-corrected chi connectivity index (χ0v) is 26.8. The van der Waals surface area contributed by atoms with Crippen LogP contribution in [-0.4, -0.2) is 81.8 Å². The standard InChI is InChI=1S/C36H46N2O8/c1-37-35(39)14-7-11-28-9-3-6-13-33(28)45-23-24-46-34-25-38(36(40)41)20-19-31(34)27-15-17-30(18-16-27)44-22-8-21-43-26-29-10-4-5-12-32(29)42-2/h3-6,9-10,12-13,15-18,31,34H,7-8,11,14,19-26H2,1-2H3,(H,37,39)(H,40,41). The molecule has 10 heteroatoms. The Bertz CT molecular complexity index is 1370. The Balaban J connectivity index is 1.23.